The SMILES string of the molecule is COC(=O)c1ccc(N2CCN(C(C)C(=O)Nc3ccc(OC)c(OC)c3)C(C)C2)cc1. The Morgan fingerprint density at radius 2 is 1.69 bits per heavy atom. The molecule has 1 amide bonds. The third-order valence-electron chi connectivity index (χ3n) is 5.86. The minimum Gasteiger partial charge on any atom is -0.493 e. The number of rotatable bonds is 7. The Hall–Kier alpha value is -3.26. The minimum atomic E-state index is -0.343. The molecule has 172 valence electrons. The number of esters is 1. The first-order valence-corrected chi connectivity index (χ1v) is 10.6. The maximum absolute atomic E-state index is 12.9. The number of ether oxygens (including phenoxy) is 3. The lowest BCUT2D eigenvalue weighted by atomic mass is 10.1. The highest BCUT2D eigenvalue weighted by molar-refractivity contribution is 5.95. The third kappa shape index (κ3) is 5.13. The largest absolute Gasteiger partial charge is 0.493 e. The predicted octanol–water partition coefficient (Wildman–Crippen LogP) is 3.03. The second-order valence-electron chi connectivity index (χ2n) is 7.81. The van der Waals surface area contributed by atoms with Gasteiger partial charge in [-0.25, -0.2) is 4.79 Å². The van der Waals surface area contributed by atoms with Crippen molar-refractivity contribution in [2.45, 2.75) is 25.9 Å². The van der Waals surface area contributed by atoms with Crippen molar-refractivity contribution in [3.8, 4) is 11.5 Å². The molecule has 2 aromatic rings. The van der Waals surface area contributed by atoms with Crippen LogP contribution in [-0.2, 0) is 9.53 Å². The highest BCUT2D eigenvalue weighted by atomic mass is 16.5. The normalized spacial score (nSPS) is 17.4. The van der Waals surface area contributed by atoms with Crippen molar-refractivity contribution in [3.05, 3.63) is 48.0 Å². The van der Waals surface area contributed by atoms with E-state index in [1.54, 1.807) is 44.6 Å². The van der Waals surface area contributed by atoms with Crippen LogP contribution in [0.1, 0.15) is 24.2 Å². The standard InChI is InChI=1S/C24H31N3O5/c1-16-15-26(20-9-6-18(7-10-20)24(29)32-5)12-13-27(16)17(2)23(28)25-19-8-11-21(30-3)22(14-19)31-4/h6-11,14,16-17H,12-13,15H2,1-5H3,(H,25,28). The third-order valence-corrected chi connectivity index (χ3v) is 5.86. The molecule has 1 N–H and O–H groups in total. The predicted molar refractivity (Wildman–Crippen MR) is 124 cm³/mol. The smallest absolute Gasteiger partial charge is 0.337 e. The maximum Gasteiger partial charge on any atom is 0.337 e. The van der Waals surface area contributed by atoms with Gasteiger partial charge in [-0.1, -0.05) is 0 Å². The Bertz CT molecular complexity index is 947. The molecule has 0 bridgehead atoms. The van der Waals surface area contributed by atoms with Gasteiger partial charge in [0.25, 0.3) is 0 Å². The Morgan fingerprint density at radius 3 is 2.28 bits per heavy atom. The van der Waals surface area contributed by atoms with E-state index in [0.717, 1.165) is 25.3 Å². The number of hydrogen-bond acceptors (Lipinski definition) is 7. The van der Waals surface area contributed by atoms with Crippen molar-refractivity contribution in [2.75, 3.05) is 51.2 Å². The van der Waals surface area contributed by atoms with Gasteiger partial charge < -0.3 is 24.4 Å². The number of anilines is 2. The highest BCUT2D eigenvalue weighted by Crippen LogP contribution is 2.30. The quantitative estimate of drug-likeness (QED) is 0.662. The summed E-state index contributed by atoms with van der Waals surface area (Å²) in [6.07, 6.45) is 0. The summed E-state index contributed by atoms with van der Waals surface area (Å²) in [6, 6.07) is 12.6. The maximum atomic E-state index is 12.9. The van der Waals surface area contributed by atoms with Gasteiger partial charge >= 0.3 is 5.97 Å². The van der Waals surface area contributed by atoms with Crippen molar-refractivity contribution in [1.29, 1.82) is 0 Å². The second-order valence-corrected chi connectivity index (χ2v) is 7.81. The van der Waals surface area contributed by atoms with Crippen LogP contribution in [0.3, 0.4) is 0 Å². The zero-order chi connectivity index (χ0) is 23.3. The van der Waals surface area contributed by atoms with Crippen LogP contribution in [0.25, 0.3) is 0 Å². The average Bonchev–Trinajstić information content (AvgIpc) is 2.82. The zero-order valence-corrected chi connectivity index (χ0v) is 19.3. The molecule has 0 spiro atoms. The van der Waals surface area contributed by atoms with E-state index in [1.807, 2.05) is 19.1 Å². The van der Waals surface area contributed by atoms with E-state index in [2.05, 4.69) is 22.0 Å². The number of hydrogen-bond donors (Lipinski definition) is 1. The summed E-state index contributed by atoms with van der Waals surface area (Å²) >= 11 is 0. The molecule has 8 nitrogen and oxygen atoms in total. The number of piperazine rings is 1. The first kappa shape index (κ1) is 23.4. The number of benzene rings is 2. The van der Waals surface area contributed by atoms with Gasteiger partial charge in [0.1, 0.15) is 0 Å². The number of amides is 1. The first-order valence-electron chi connectivity index (χ1n) is 10.6. The molecule has 0 aliphatic carbocycles. The average molecular weight is 442 g/mol. The number of carbonyl (C=O) groups excluding carboxylic acids is 2. The molecular formula is C24H31N3O5. The number of carbonyl (C=O) groups is 2. The fraction of sp³-hybridized carbons (Fsp3) is 0.417. The Kier molecular flexibility index (Phi) is 7.58. The number of nitrogens with zero attached hydrogens (tertiary/aromatic N) is 2. The van der Waals surface area contributed by atoms with Crippen LogP contribution in [0.4, 0.5) is 11.4 Å². The second kappa shape index (κ2) is 10.4. The lowest BCUT2D eigenvalue weighted by molar-refractivity contribution is -0.121. The Morgan fingerprint density at radius 1 is 1.00 bits per heavy atom. The van der Waals surface area contributed by atoms with E-state index in [4.69, 9.17) is 14.2 Å². The van der Waals surface area contributed by atoms with Crippen LogP contribution < -0.4 is 19.7 Å². The molecule has 3 rings (SSSR count). The summed E-state index contributed by atoms with van der Waals surface area (Å²) in [4.78, 5) is 29.0. The lowest BCUT2D eigenvalue weighted by Gasteiger charge is -2.43. The van der Waals surface area contributed by atoms with Gasteiger partial charge in [0.2, 0.25) is 5.91 Å². The van der Waals surface area contributed by atoms with Crippen LogP contribution in [0.5, 0.6) is 11.5 Å². The van der Waals surface area contributed by atoms with Crippen LogP contribution in [-0.4, -0.2) is 69.8 Å². The van der Waals surface area contributed by atoms with E-state index in [-0.39, 0.29) is 24.0 Å². The molecule has 2 atom stereocenters. The molecule has 1 aliphatic rings. The minimum absolute atomic E-state index is 0.0695. The summed E-state index contributed by atoms with van der Waals surface area (Å²) in [5, 5.41) is 2.98. The van der Waals surface area contributed by atoms with Gasteiger partial charge in [0, 0.05) is 43.1 Å². The molecule has 8 heteroatoms. The Balaban J connectivity index is 1.61. The van der Waals surface area contributed by atoms with Crippen molar-refractivity contribution in [1.82, 2.24) is 4.90 Å². The fourth-order valence-electron chi connectivity index (χ4n) is 4.02. The van der Waals surface area contributed by atoms with E-state index in [0.29, 0.717) is 22.7 Å². The zero-order valence-electron chi connectivity index (χ0n) is 19.3. The van der Waals surface area contributed by atoms with Gasteiger partial charge in [-0.05, 0) is 50.2 Å². The molecule has 2 unspecified atom stereocenters. The summed E-state index contributed by atoms with van der Waals surface area (Å²) in [7, 11) is 4.52. The molecular weight excluding hydrogens is 410 g/mol. The van der Waals surface area contributed by atoms with Crippen molar-refractivity contribution >= 4 is 23.3 Å². The lowest BCUT2D eigenvalue weighted by Crippen LogP contribution is -2.57. The van der Waals surface area contributed by atoms with Crippen molar-refractivity contribution < 1.29 is 23.8 Å². The summed E-state index contributed by atoms with van der Waals surface area (Å²) in [5.74, 6) is 0.769. The van der Waals surface area contributed by atoms with E-state index >= 15 is 0 Å². The molecule has 0 aromatic heterocycles. The molecule has 2 aromatic carbocycles. The molecule has 1 heterocycles. The van der Waals surface area contributed by atoms with Crippen molar-refractivity contribution in [3.63, 3.8) is 0 Å². The van der Waals surface area contributed by atoms with Crippen LogP contribution >= 0.6 is 0 Å². The van der Waals surface area contributed by atoms with Crippen LogP contribution in [0.2, 0.25) is 0 Å². The summed E-state index contributed by atoms with van der Waals surface area (Å²) in [6.45, 7) is 6.37. The Labute approximate surface area is 189 Å². The fourth-order valence-corrected chi connectivity index (χ4v) is 4.02. The molecule has 32 heavy (non-hydrogen) atoms. The molecule has 0 saturated carbocycles. The van der Waals surface area contributed by atoms with E-state index in [9.17, 15) is 9.59 Å². The summed E-state index contributed by atoms with van der Waals surface area (Å²) in [5.41, 5.74) is 2.24. The van der Waals surface area contributed by atoms with Crippen molar-refractivity contribution in [2.24, 2.45) is 0 Å². The molecule has 1 saturated heterocycles. The summed E-state index contributed by atoms with van der Waals surface area (Å²) < 4.78 is 15.3. The van der Waals surface area contributed by atoms with Crippen LogP contribution in [0.15, 0.2) is 42.5 Å². The van der Waals surface area contributed by atoms with Gasteiger partial charge in [0.15, 0.2) is 11.5 Å². The molecule has 1 fully saturated rings. The number of methoxy groups -OCH3 is 3. The van der Waals surface area contributed by atoms with Crippen LogP contribution in [0, 0.1) is 0 Å². The van der Waals surface area contributed by atoms with Gasteiger partial charge in [0.05, 0.1) is 32.9 Å². The van der Waals surface area contributed by atoms with Gasteiger partial charge in [-0.3, -0.25) is 9.69 Å². The first-order chi connectivity index (χ1) is 15.4. The van der Waals surface area contributed by atoms with E-state index < -0.39 is 0 Å². The highest BCUT2D eigenvalue weighted by Gasteiger charge is 2.31. The van der Waals surface area contributed by atoms with Gasteiger partial charge in [-0.15, -0.1) is 0 Å². The molecule has 0 radical (unpaired) electrons. The van der Waals surface area contributed by atoms with Gasteiger partial charge in [-0.2, -0.15) is 0 Å². The topological polar surface area (TPSA) is 80.3 Å². The monoisotopic (exact) mass is 441 g/mol. The van der Waals surface area contributed by atoms with E-state index in [1.165, 1.54) is 7.11 Å². The molecule has 1 aliphatic heterocycles. The number of nitrogens with one attached hydrogen (secondary N) is 1.